The van der Waals surface area contributed by atoms with Gasteiger partial charge in [-0.2, -0.15) is 0 Å². The number of carbonyl (C=O) groups is 1. The van der Waals surface area contributed by atoms with Crippen molar-refractivity contribution in [1.29, 1.82) is 0 Å². The fourth-order valence-corrected chi connectivity index (χ4v) is 2.47. The van der Waals surface area contributed by atoms with Crippen molar-refractivity contribution in [2.45, 2.75) is 0 Å². The summed E-state index contributed by atoms with van der Waals surface area (Å²) in [5.41, 5.74) is 0.460. The predicted molar refractivity (Wildman–Crippen MR) is 93.9 cm³/mol. The first-order valence-corrected chi connectivity index (χ1v) is 9.60. The summed E-state index contributed by atoms with van der Waals surface area (Å²) in [6.07, 6.45) is 1.13. The number of ether oxygens (including phenoxy) is 1. The summed E-state index contributed by atoms with van der Waals surface area (Å²) in [5.74, 6) is -0.177. The van der Waals surface area contributed by atoms with Crippen LogP contribution in [0.2, 0.25) is 10.2 Å². The highest BCUT2D eigenvalue weighted by molar-refractivity contribution is 7.90. The second kappa shape index (κ2) is 7.83. The summed E-state index contributed by atoms with van der Waals surface area (Å²) >= 11 is 11.7. The largest absolute Gasteiger partial charge is 0.492 e. The molecular formula is C15H14Cl2N2O4S. The van der Waals surface area contributed by atoms with Crippen molar-refractivity contribution in [2.75, 3.05) is 23.9 Å². The number of hydrogen-bond donors (Lipinski definition) is 1. The Morgan fingerprint density at radius 2 is 2.00 bits per heavy atom. The predicted octanol–water partition coefficient (Wildman–Crippen LogP) is 3.06. The molecule has 128 valence electrons. The highest BCUT2D eigenvalue weighted by Gasteiger charge is 2.13. The van der Waals surface area contributed by atoms with Crippen LogP contribution in [0.15, 0.2) is 36.4 Å². The number of carbonyl (C=O) groups excluding carboxylic acids is 1. The van der Waals surface area contributed by atoms with Gasteiger partial charge in [0.2, 0.25) is 0 Å². The summed E-state index contributed by atoms with van der Waals surface area (Å²) in [6.45, 7) is 0.0257. The van der Waals surface area contributed by atoms with Gasteiger partial charge in [-0.25, -0.2) is 13.4 Å². The molecule has 2 aromatic rings. The molecule has 0 aliphatic rings. The van der Waals surface area contributed by atoms with E-state index in [0.29, 0.717) is 11.4 Å². The van der Waals surface area contributed by atoms with Crippen molar-refractivity contribution >= 4 is 44.6 Å². The molecule has 24 heavy (non-hydrogen) atoms. The minimum absolute atomic E-state index is 0.00700. The zero-order chi connectivity index (χ0) is 17.7. The van der Waals surface area contributed by atoms with Crippen molar-refractivity contribution in [2.24, 2.45) is 0 Å². The van der Waals surface area contributed by atoms with E-state index in [1.807, 2.05) is 0 Å². The van der Waals surface area contributed by atoms with Gasteiger partial charge in [-0.3, -0.25) is 4.79 Å². The Balaban J connectivity index is 2.06. The number of hydrogen-bond acceptors (Lipinski definition) is 5. The van der Waals surface area contributed by atoms with Gasteiger partial charge in [0.15, 0.2) is 9.84 Å². The van der Waals surface area contributed by atoms with Crippen LogP contribution < -0.4 is 10.1 Å². The third kappa shape index (κ3) is 5.67. The van der Waals surface area contributed by atoms with E-state index in [1.54, 1.807) is 24.3 Å². The van der Waals surface area contributed by atoms with E-state index in [0.717, 1.165) is 6.26 Å². The van der Waals surface area contributed by atoms with Crippen LogP contribution in [-0.4, -0.2) is 37.9 Å². The van der Waals surface area contributed by atoms with Crippen molar-refractivity contribution in [3.05, 3.63) is 52.3 Å². The van der Waals surface area contributed by atoms with E-state index >= 15 is 0 Å². The van der Waals surface area contributed by atoms with Crippen LogP contribution in [0.25, 0.3) is 0 Å². The SMILES string of the molecule is CS(=O)(=O)CCOc1cccc(NC(=O)c2nc(Cl)ccc2Cl)c1. The maximum atomic E-state index is 12.2. The molecule has 9 heteroatoms. The molecular weight excluding hydrogens is 375 g/mol. The highest BCUT2D eigenvalue weighted by Crippen LogP contribution is 2.21. The first-order valence-electron chi connectivity index (χ1n) is 6.78. The number of sulfone groups is 1. The summed E-state index contributed by atoms with van der Waals surface area (Å²) < 4.78 is 27.5. The highest BCUT2D eigenvalue weighted by atomic mass is 35.5. The molecule has 0 saturated carbocycles. The molecule has 1 aromatic heterocycles. The van der Waals surface area contributed by atoms with Crippen LogP contribution in [0.1, 0.15) is 10.5 Å². The monoisotopic (exact) mass is 388 g/mol. The van der Waals surface area contributed by atoms with Crippen molar-refractivity contribution in [1.82, 2.24) is 4.98 Å². The summed E-state index contributed by atoms with van der Waals surface area (Å²) in [4.78, 5) is 16.1. The minimum Gasteiger partial charge on any atom is -0.492 e. The zero-order valence-corrected chi connectivity index (χ0v) is 15.0. The molecule has 2 rings (SSSR count). The number of anilines is 1. The van der Waals surface area contributed by atoms with Gasteiger partial charge < -0.3 is 10.1 Å². The molecule has 0 aliphatic carbocycles. The second-order valence-electron chi connectivity index (χ2n) is 4.92. The lowest BCUT2D eigenvalue weighted by Gasteiger charge is -2.09. The maximum absolute atomic E-state index is 12.2. The maximum Gasteiger partial charge on any atom is 0.275 e. The Kier molecular flexibility index (Phi) is 6.04. The molecule has 1 amide bonds. The quantitative estimate of drug-likeness (QED) is 0.768. The van der Waals surface area contributed by atoms with Crippen molar-refractivity contribution in [3.63, 3.8) is 0 Å². The Morgan fingerprint density at radius 3 is 2.71 bits per heavy atom. The van der Waals surface area contributed by atoms with Crippen molar-refractivity contribution < 1.29 is 17.9 Å². The first-order chi connectivity index (χ1) is 11.2. The molecule has 6 nitrogen and oxygen atoms in total. The Morgan fingerprint density at radius 1 is 1.25 bits per heavy atom. The van der Waals surface area contributed by atoms with Crippen LogP contribution in [0.4, 0.5) is 5.69 Å². The number of aromatic nitrogens is 1. The molecule has 0 fully saturated rings. The third-order valence-corrected chi connectivity index (χ3v) is 4.27. The molecule has 1 aromatic carbocycles. The number of pyridine rings is 1. The van der Waals surface area contributed by atoms with Gasteiger partial charge in [-0.05, 0) is 24.3 Å². The van der Waals surface area contributed by atoms with E-state index in [1.165, 1.54) is 12.1 Å². The summed E-state index contributed by atoms with van der Waals surface area (Å²) in [6, 6.07) is 9.51. The normalized spacial score (nSPS) is 11.1. The minimum atomic E-state index is -3.10. The van der Waals surface area contributed by atoms with Crippen LogP contribution in [-0.2, 0) is 9.84 Å². The molecule has 1 heterocycles. The Hall–Kier alpha value is -1.83. The van der Waals surface area contributed by atoms with Crippen LogP contribution >= 0.6 is 23.2 Å². The molecule has 0 radical (unpaired) electrons. The Bertz CT molecular complexity index is 856. The summed E-state index contributed by atoms with van der Waals surface area (Å²) in [5, 5.41) is 2.96. The van der Waals surface area contributed by atoms with Gasteiger partial charge in [0.1, 0.15) is 23.2 Å². The van der Waals surface area contributed by atoms with Gasteiger partial charge in [0.05, 0.1) is 10.8 Å². The van der Waals surface area contributed by atoms with Crippen LogP contribution in [0.3, 0.4) is 0 Å². The molecule has 0 bridgehead atoms. The second-order valence-corrected chi connectivity index (χ2v) is 7.98. The molecule has 0 spiro atoms. The molecule has 0 saturated heterocycles. The van der Waals surface area contributed by atoms with E-state index in [2.05, 4.69) is 10.3 Å². The lowest BCUT2D eigenvalue weighted by molar-refractivity contribution is 0.102. The average Bonchev–Trinajstić information content (AvgIpc) is 2.49. The Labute approximate surface area is 149 Å². The number of nitrogens with one attached hydrogen (secondary N) is 1. The lowest BCUT2D eigenvalue weighted by Crippen LogP contribution is -2.15. The van der Waals surface area contributed by atoms with Gasteiger partial charge in [-0.1, -0.05) is 29.3 Å². The fourth-order valence-electron chi connectivity index (χ4n) is 1.74. The number of nitrogens with zero attached hydrogens (tertiary/aromatic N) is 1. The molecule has 1 N–H and O–H groups in total. The number of rotatable bonds is 6. The van der Waals surface area contributed by atoms with E-state index in [9.17, 15) is 13.2 Å². The van der Waals surface area contributed by atoms with E-state index in [-0.39, 0.29) is 28.2 Å². The fraction of sp³-hybridized carbons (Fsp3) is 0.200. The van der Waals surface area contributed by atoms with Crippen molar-refractivity contribution in [3.8, 4) is 5.75 Å². The molecule has 0 atom stereocenters. The van der Waals surface area contributed by atoms with E-state index in [4.69, 9.17) is 27.9 Å². The standard InChI is InChI=1S/C15H14Cl2N2O4S/c1-24(21,22)8-7-23-11-4-2-3-10(9-11)18-15(20)14-12(16)5-6-13(17)19-14/h2-6,9H,7-8H2,1H3,(H,18,20). The lowest BCUT2D eigenvalue weighted by atomic mass is 10.2. The molecule has 0 aliphatic heterocycles. The first kappa shape index (κ1) is 18.5. The van der Waals surface area contributed by atoms with Gasteiger partial charge in [-0.15, -0.1) is 0 Å². The van der Waals surface area contributed by atoms with E-state index < -0.39 is 15.7 Å². The smallest absolute Gasteiger partial charge is 0.275 e. The van der Waals surface area contributed by atoms with Gasteiger partial charge in [0, 0.05) is 18.0 Å². The van der Waals surface area contributed by atoms with Crippen LogP contribution in [0, 0.1) is 0 Å². The van der Waals surface area contributed by atoms with Gasteiger partial charge in [0.25, 0.3) is 5.91 Å². The summed E-state index contributed by atoms with van der Waals surface area (Å²) in [7, 11) is -3.10. The topological polar surface area (TPSA) is 85.4 Å². The number of halogens is 2. The number of benzene rings is 1. The molecule has 0 unspecified atom stereocenters. The third-order valence-electron chi connectivity index (χ3n) is 2.84. The zero-order valence-electron chi connectivity index (χ0n) is 12.6. The number of amides is 1. The average molecular weight is 389 g/mol. The van der Waals surface area contributed by atoms with Gasteiger partial charge >= 0.3 is 0 Å². The van der Waals surface area contributed by atoms with Crippen LogP contribution in [0.5, 0.6) is 5.75 Å².